The molecule has 1 atom stereocenters. The van der Waals surface area contributed by atoms with Crippen molar-refractivity contribution >= 4 is 17.4 Å². The first kappa shape index (κ1) is 24.9. The number of para-hydroxylation sites is 2. The zero-order chi connectivity index (χ0) is 26.0. The Morgan fingerprint density at radius 1 is 0.917 bits per heavy atom. The molecular formula is C29H29NO6. The molecule has 1 heterocycles. The van der Waals surface area contributed by atoms with Gasteiger partial charge in [0.1, 0.15) is 28.6 Å². The van der Waals surface area contributed by atoms with Gasteiger partial charge < -0.3 is 24.6 Å². The average molecular weight is 488 g/mol. The van der Waals surface area contributed by atoms with Crippen LogP contribution in [-0.4, -0.2) is 39.5 Å². The molecule has 7 nitrogen and oxygen atoms in total. The van der Waals surface area contributed by atoms with Crippen molar-refractivity contribution in [2.75, 3.05) is 7.11 Å². The number of phenolic OH excluding ortho intramolecular Hbond substituents is 1. The lowest BCUT2D eigenvalue weighted by Crippen LogP contribution is -2.30. The van der Waals surface area contributed by atoms with Crippen molar-refractivity contribution in [2.45, 2.75) is 39.0 Å². The molecule has 0 saturated carbocycles. The minimum Gasteiger partial charge on any atom is -0.508 e. The molecule has 4 rings (SSSR count). The quantitative estimate of drug-likeness (QED) is 0.282. The number of aliphatic hydroxyl groups is 1. The Kier molecular flexibility index (Phi) is 6.75. The van der Waals surface area contributed by atoms with Gasteiger partial charge in [-0.15, -0.1) is 0 Å². The van der Waals surface area contributed by atoms with E-state index >= 15 is 0 Å². The van der Waals surface area contributed by atoms with E-state index in [4.69, 9.17) is 9.47 Å². The van der Waals surface area contributed by atoms with E-state index in [0.29, 0.717) is 22.6 Å². The van der Waals surface area contributed by atoms with Gasteiger partial charge in [-0.25, -0.2) is 0 Å². The molecular weight excluding hydrogens is 458 g/mol. The molecule has 1 amide bonds. The summed E-state index contributed by atoms with van der Waals surface area (Å²) in [6.45, 7) is 5.87. The first-order valence-corrected chi connectivity index (χ1v) is 11.6. The van der Waals surface area contributed by atoms with Crippen LogP contribution in [0.15, 0.2) is 78.4 Å². The van der Waals surface area contributed by atoms with Gasteiger partial charge in [0.15, 0.2) is 0 Å². The van der Waals surface area contributed by atoms with Gasteiger partial charge in [-0.05, 0) is 56.7 Å². The minimum atomic E-state index is -0.891. The van der Waals surface area contributed by atoms with E-state index < -0.39 is 23.3 Å². The number of Topliss-reactive ketones (excluding diaryl/α,β-unsaturated/α-hetero) is 1. The first-order chi connectivity index (χ1) is 17.1. The fourth-order valence-electron chi connectivity index (χ4n) is 4.28. The highest BCUT2D eigenvalue weighted by molar-refractivity contribution is 6.46. The number of carbonyl (C=O) groups excluding carboxylic acids is 2. The molecule has 0 radical (unpaired) electrons. The van der Waals surface area contributed by atoms with E-state index in [1.165, 1.54) is 24.1 Å². The van der Waals surface area contributed by atoms with Crippen LogP contribution in [0.4, 0.5) is 0 Å². The van der Waals surface area contributed by atoms with Crippen LogP contribution in [0, 0.1) is 0 Å². The third kappa shape index (κ3) is 4.91. The number of aromatic hydroxyl groups is 1. The van der Waals surface area contributed by atoms with Crippen molar-refractivity contribution in [1.29, 1.82) is 0 Å². The molecule has 0 spiro atoms. The second-order valence-electron chi connectivity index (χ2n) is 9.54. The zero-order valence-corrected chi connectivity index (χ0v) is 20.7. The summed E-state index contributed by atoms with van der Waals surface area (Å²) in [5.74, 6) is -0.855. The third-order valence-electron chi connectivity index (χ3n) is 5.84. The number of hydrogen-bond acceptors (Lipinski definition) is 6. The number of carbonyl (C=O) groups is 2. The monoisotopic (exact) mass is 487 g/mol. The molecule has 1 fully saturated rings. The van der Waals surface area contributed by atoms with Crippen LogP contribution >= 0.6 is 0 Å². The summed E-state index contributed by atoms with van der Waals surface area (Å²) in [5, 5.41) is 21.2. The lowest BCUT2D eigenvalue weighted by atomic mass is 9.94. The van der Waals surface area contributed by atoms with Crippen molar-refractivity contribution < 1.29 is 29.3 Å². The molecule has 36 heavy (non-hydrogen) atoms. The maximum atomic E-state index is 13.4. The second kappa shape index (κ2) is 9.77. The Morgan fingerprint density at radius 2 is 1.53 bits per heavy atom. The Labute approximate surface area is 210 Å². The summed E-state index contributed by atoms with van der Waals surface area (Å²) in [5.41, 5.74) is 1.07. The highest BCUT2D eigenvalue weighted by Gasteiger charge is 2.46. The fraction of sp³-hybridized carbons (Fsp3) is 0.241. The van der Waals surface area contributed by atoms with Gasteiger partial charge in [0.05, 0.1) is 30.8 Å². The van der Waals surface area contributed by atoms with Crippen molar-refractivity contribution in [3.8, 4) is 17.2 Å². The highest BCUT2D eigenvalue weighted by atomic mass is 16.5. The number of nitrogens with zero attached hydrogens (tertiary/aromatic N) is 1. The van der Waals surface area contributed by atoms with E-state index in [1.54, 1.807) is 36.4 Å². The van der Waals surface area contributed by atoms with Gasteiger partial charge in [0.2, 0.25) is 0 Å². The number of likely N-dealkylation sites (tertiary alicyclic amines) is 1. The molecule has 186 valence electrons. The van der Waals surface area contributed by atoms with Crippen LogP contribution in [-0.2, 0) is 16.1 Å². The molecule has 0 aromatic heterocycles. The molecule has 3 aromatic rings. The lowest BCUT2D eigenvalue weighted by Gasteiger charge is -2.28. The van der Waals surface area contributed by atoms with Gasteiger partial charge in [-0.1, -0.05) is 42.5 Å². The molecule has 7 heteroatoms. The molecule has 1 unspecified atom stereocenters. The first-order valence-electron chi connectivity index (χ1n) is 11.6. The van der Waals surface area contributed by atoms with E-state index in [1.807, 2.05) is 45.0 Å². The Bertz CT molecular complexity index is 1320. The van der Waals surface area contributed by atoms with E-state index in [0.717, 1.165) is 5.56 Å². The summed E-state index contributed by atoms with van der Waals surface area (Å²) in [7, 11) is 1.47. The molecule has 2 N–H and O–H groups in total. The van der Waals surface area contributed by atoms with Gasteiger partial charge >= 0.3 is 0 Å². The number of methoxy groups -OCH3 is 1. The Morgan fingerprint density at radius 3 is 2.17 bits per heavy atom. The van der Waals surface area contributed by atoms with Crippen molar-refractivity contribution in [3.63, 3.8) is 0 Å². The van der Waals surface area contributed by atoms with Gasteiger partial charge in [0, 0.05) is 5.56 Å². The normalized spacial score (nSPS) is 17.3. The van der Waals surface area contributed by atoms with Gasteiger partial charge in [0.25, 0.3) is 11.7 Å². The Hall–Kier alpha value is -4.26. The minimum absolute atomic E-state index is 0.0457. The SMILES string of the molecule is COc1ccccc1/C(O)=C1\C(=O)C(=O)N(Cc2ccccc2OC(C)(C)C)C1c1ccc(O)cc1. The van der Waals surface area contributed by atoms with Crippen LogP contribution in [0.25, 0.3) is 5.76 Å². The van der Waals surface area contributed by atoms with Crippen molar-refractivity contribution in [1.82, 2.24) is 4.90 Å². The summed E-state index contributed by atoms with van der Waals surface area (Å²) in [4.78, 5) is 28.1. The van der Waals surface area contributed by atoms with Crippen LogP contribution in [0.2, 0.25) is 0 Å². The van der Waals surface area contributed by atoms with Crippen LogP contribution < -0.4 is 9.47 Å². The van der Waals surface area contributed by atoms with Gasteiger partial charge in [-0.3, -0.25) is 9.59 Å². The number of amides is 1. The zero-order valence-electron chi connectivity index (χ0n) is 20.7. The molecule has 1 aliphatic rings. The number of aliphatic hydroxyl groups excluding tert-OH is 1. The maximum Gasteiger partial charge on any atom is 0.295 e. The van der Waals surface area contributed by atoms with Crippen LogP contribution in [0.1, 0.15) is 43.5 Å². The predicted molar refractivity (Wildman–Crippen MR) is 136 cm³/mol. The lowest BCUT2D eigenvalue weighted by molar-refractivity contribution is -0.140. The number of ether oxygens (including phenoxy) is 2. The van der Waals surface area contributed by atoms with E-state index in [9.17, 15) is 19.8 Å². The van der Waals surface area contributed by atoms with Crippen LogP contribution in [0.5, 0.6) is 17.2 Å². The van der Waals surface area contributed by atoms with E-state index in [2.05, 4.69) is 0 Å². The molecule has 3 aromatic carbocycles. The molecule has 0 aliphatic carbocycles. The fourth-order valence-corrected chi connectivity index (χ4v) is 4.28. The molecule has 1 aliphatic heterocycles. The van der Waals surface area contributed by atoms with E-state index in [-0.39, 0.29) is 23.6 Å². The van der Waals surface area contributed by atoms with Crippen molar-refractivity contribution in [3.05, 3.63) is 95.1 Å². The number of hydrogen-bond donors (Lipinski definition) is 2. The standard InChI is InChI=1S/C29H29NO6/c1-29(2,3)36-22-11-7-5-9-19(22)17-30-25(18-13-15-20(31)16-14-18)24(27(33)28(30)34)26(32)21-10-6-8-12-23(21)35-4/h5-16,25,31-32H,17H2,1-4H3/b26-24+. The number of ketones is 1. The predicted octanol–water partition coefficient (Wildman–Crippen LogP) is 5.20. The maximum absolute atomic E-state index is 13.4. The Balaban J connectivity index is 1.86. The number of benzene rings is 3. The van der Waals surface area contributed by atoms with Crippen molar-refractivity contribution in [2.24, 2.45) is 0 Å². The number of phenols is 1. The smallest absolute Gasteiger partial charge is 0.295 e. The summed E-state index contributed by atoms with van der Waals surface area (Å²) in [6, 6.07) is 19.4. The van der Waals surface area contributed by atoms with Crippen LogP contribution in [0.3, 0.4) is 0 Å². The van der Waals surface area contributed by atoms with Gasteiger partial charge in [-0.2, -0.15) is 0 Å². The molecule has 1 saturated heterocycles. The second-order valence-corrected chi connectivity index (χ2v) is 9.54. The largest absolute Gasteiger partial charge is 0.508 e. The third-order valence-corrected chi connectivity index (χ3v) is 5.84. The summed E-state index contributed by atoms with van der Waals surface area (Å²) >= 11 is 0. The highest BCUT2D eigenvalue weighted by Crippen LogP contribution is 2.42. The summed E-state index contributed by atoms with van der Waals surface area (Å²) in [6.07, 6.45) is 0. The number of rotatable bonds is 6. The summed E-state index contributed by atoms with van der Waals surface area (Å²) < 4.78 is 11.5. The molecule has 0 bridgehead atoms. The topological polar surface area (TPSA) is 96.3 Å². The average Bonchev–Trinajstić information content (AvgIpc) is 3.09.